The van der Waals surface area contributed by atoms with Crippen molar-refractivity contribution in [1.29, 1.82) is 0 Å². The lowest BCUT2D eigenvalue weighted by Crippen LogP contribution is -2.32. The Morgan fingerprint density at radius 1 is 1.33 bits per heavy atom. The summed E-state index contributed by atoms with van der Waals surface area (Å²) in [7, 11) is 0. The zero-order chi connectivity index (χ0) is 16.9. The fourth-order valence-electron chi connectivity index (χ4n) is 2.45. The lowest BCUT2D eigenvalue weighted by molar-refractivity contribution is -0.124. The van der Waals surface area contributed by atoms with E-state index in [-0.39, 0.29) is 11.9 Å². The van der Waals surface area contributed by atoms with E-state index < -0.39 is 0 Å². The zero-order valence-corrected chi connectivity index (χ0v) is 13.6. The highest BCUT2D eigenvalue weighted by Gasteiger charge is 2.18. The van der Waals surface area contributed by atoms with Gasteiger partial charge < -0.3 is 9.84 Å². The molecule has 0 radical (unpaired) electrons. The molecule has 1 aromatic carbocycles. The first-order valence-electron chi connectivity index (χ1n) is 7.84. The maximum Gasteiger partial charge on any atom is 0.245 e. The van der Waals surface area contributed by atoms with Gasteiger partial charge in [-0.1, -0.05) is 36.3 Å². The van der Waals surface area contributed by atoms with Gasteiger partial charge in [0, 0.05) is 31.4 Å². The molecule has 2 heterocycles. The normalized spacial score (nSPS) is 12.1. The summed E-state index contributed by atoms with van der Waals surface area (Å²) in [6.07, 6.45) is 4.16. The number of carbonyl (C=O) groups excluding carboxylic acids is 1. The van der Waals surface area contributed by atoms with Crippen molar-refractivity contribution in [2.24, 2.45) is 0 Å². The van der Waals surface area contributed by atoms with Crippen molar-refractivity contribution < 1.29 is 9.32 Å². The number of nitrogens with zero attached hydrogens (tertiary/aromatic N) is 4. The van der Waals surface area contributed by atoms with Crippen LogP contribution in [0.15, 0.2) is 47.2 Å². The summed E-state index contributed by atoms with van der Waals surface area (Å²) in [6.45, 7) is 4.18. The number of aromatic nitrogens is 4. The van der Waals surface area contributed by atoms with Crippen molar-refractivity contribution in [1.82, 2.24) is 25.2 Å². The summed E-state index contributed by atoms with van der Waals surface area (Å²) in [5.74, 6) is 1.05. The Bertz CT molecular complexity index is 793. The number of hydrogen-bond donors (Lipinski definition) is 1. The topological polar surface area (TPSA) is 85.8 Å². The number of hydrogen-bond acceptors (Lipinski definition) is 5. The SMILES string of the molecule is CCC(C(=O)NCc1ccc(-c2noc(C)n2)cc1)n1cccn1. The van der Waals surface area contributed by atoms with Crippen LogP contribution in [0.3, 0.4) is 0 Å². The maximum atomic E-state index is 12.3. The van der Waals surface area contributed by atoms with Crippen molar-refractivity contribution in [3.8, 4) is 11.4 Å². The van der Waals surface area contributed by atoms with Crippen molar-refractivity contribution in [3.63, 3.8) is 0 Å². The summed E-state index contributed by atoms with van der Waals surface area (Å²) in [6, 6.07) is 9.23. The molecule has 1 unspecified atom stereocenters. The molecule has 0 bridgehead atoms. The quantitative estimate of drug-likeness (QED) is 0.752. The van der Waals surface area contributed by atoms with Gasteiger partial charge in [-0.25, -0.2) is 0 Å². The van der Waals surface area contributed by atoms with Crippen LogP contribution < -0.4 is 5.32 Å². The minimum atomic E-state index is -0.290. The van der Waals surface area contributed by atoms with Crippen molar-refractivity contribution in [3.05, 3.63) is 54.2 Å². The zero-order valence-electron chi connectivity index (χ0n) is 13.6. The molecular weight excluding hydrogens is 306 g/mol. The van der Waals surface area contributed by atoms with Gasteiger partial charge in [-0.2, -0.15) is 10.1 Å². The van der Waals surface area contributed by atoms with E-state index in [9.17, 15) is 4.79 Å². The van der Waals surface area contributed by atoms with Gasteiger partial charge in [0.25, 0.3) is 0 Å². The molecule has 3 rings (SSSR count). The van der Waals surface area contributed by atoms with Gasteiger partial charge in [0.15, 0.2) is 0 Å². The third kappa shape index (κ3) is 3.51. The molecule has 3 aromatic rings. The number of aryl methyl sites for hydroxylation is 1. The van der Waals surface area contributed by atoms with E-state index in [4.69, 9.17) is 4.52 Å². The van der Waals surface area contributed by atoms with Gasteiger partial charge in [0.05, 0.1) is 0 Å². The standard InChI is InChI=1S/C17H19N5O2/c1-3-15(22-10-4-9-19-22)17(23)18-11-13-5-7-14(8-6-13)16-20-12(2)24-21-16/h4-10,15H,3,11H2,1-2H3,(H,18,23). The molecule has 2 aromatic heterocycles. The number of nitrogens with one attached hydrogen (secondary N) is 1. The minimum absolute atomic E-state index is 0.0425. The highest BCUT2D eigenvalue weighted by molar-refractivity contribution is 5.80. The second-order valence-electron chi connectivity index (χ2n) is 5.46. The molecule has 7 heteroatoms. The number of amides is 1. The number of benzene rings is 1. The Balaban J connectivity index is 1.61. The van der Waals surface area contributed by atoms with E-state index >= 15 is 0 Å². The van der Waals surface area contributed by atoms with E-state index in [2.05, 4.69) is 20.6 Å². The Morgan fingerprint density at radius 3 is 2.71 bits per heavy atom. The smallest absolute Gasteiger partial charge is 0.245 e. The minimum Gasteiger partial charge on any atom is -0.350 e. The van der Waals surface area contributed by atoms with Gasteiger partial charge >= 0.3 is 0 Å². The predicted octanol–water partition coefficient (Wildman–Crippen LogP) is 2.51. The fourth-order valence-corrected chi connectivity index (χ4v) is 2.45. The fraction of sp³-hybridized carbons (Fsp3) is 0.294. The van der Waals surface area contributed by atoms with Crippen LogP contribution in [0.2, 0.25) is 0 Å². The van der Waals surface area contributed by atoms with Crippen molar-refractivity contribution in [2.75, 3.05) is 0 Å². The van der Waals surface area contributed by atoms with Gasteiger partial charge in [-0.3, -0.25) is 9.48 Å². The lowest BCUT2D eigenvalue weighted by atomic mass is 10.1. The molecule has 0 saturated carbocycles. The number of rotatable bonds is 6. The Kier molecular flexibility index (Phi) is 4.69. The lowest BCUT2D eigenvalue weighted by Gasteiger charge is -2.15. The average molecular weight is 325 g/mol. The van der Waals surface area contributed by atoms with E-state index in [0.717, 1.165) is 11.1 Å². The molecule has 1 amide bonds. The van der Waals surface area contributed by atoms with Gasteiger partial charge in [-0.05, 0) is 18.1 Å². The molecule has 0 aliphatic carbocycles. The molecule has 0 aliphatic heterocycles. The summed E-state index contributed by atoms with van der Waals surface area (Å²) in [4.78, 5) is 16.5. The van der Waals surface area contributed by atoms with E-state index in [1.165, 1.54) is 0 Å². The molecular formula is C17H19N5O2. The first-order valence-corrected chi connectivity index (χ1v) is 7.84. The highest BCUT2D eigenvalue weighted by Crippen LogP contribution is 2.16. The summed E-state index contributed by atoms with van der Waals surface area (Å²) < 4.78 is 6.65. The van der Waals surface area contributed by atoms with Crippen LogP contribution in [-0.4, -0.2) is 25.8 Å². The Labute approximate surface area is 139 Å². The highest BCUT2D eigenvalue weighted by atomic mass is 16.5. The van der Waals surface area contributed by atoms with Crippen LogP contribution in [-0.2, 0) is 11.3 Å². The summed E-state index contributed by atoms with van der Waals surface area (Å²) in [5, 5.41) is 11.0. The molecule has 24 heavy (non-hydrogen) atoms. The first kappa shape index (κ1) is 15.9. The third-order valence-electron chi connectivity index (χ3n) is 3.74. The van der Waals surface area contributed by atoms with Crippen LogP contribution in [0, 0.1) is 6.92 Å². The van der Waals surface area contributed by atoms with Crippen LogP contribution in [0.1, 0.15) is 30.8 Å². The molecule has 1 atom stereocenters. The van der Waals surface area contributed by atoms with E-state index in [1.807, 2.05) is 37.3 Å². The molecule has 0 aliphatic rings. The molecule has 124 valence electrons. The van der Waals surface area contributed by atoms with E-state index in [0.29, 0.717) is 24.7 Å². The molecule has 1 N–H and O–H groups in total. The first-order chi connectivity index (χ1) is 11.7. The van der Waals surface area contributed by atoms with Crippen molar-refractivity contribution >= 4 is 5.91 Å². The van der Waals surface area contributed by atoms with Gasteiger partial charge in [0.2, 0.25) is 17.6 Å². The monoisotopic (exact) mass is 325 g/mol. The Hall–Kier alpha value is -2.96. The largest absolute Gasteiger partial charge is 0.350 e. The van der Waals surface area contributed by atoms with Crippen LogP contribution in [0.5, 0.6) is 0 Å². The van der Waals surface area contributed by atoms with Gasteiger partial charge in [-0.15, -0.1) is 0 Å². The van der Waals surface area contributed by atoms with Crippen molar-refractivity contribution in [2.45, 2.75) is 32.9 Å². The summed E-state index contributed by atoms with van der Waals surface area (Å²) in [5.41, 5.74) is 1.88. The number of carbonyl (C=O) groups is 1. The summed E-state index contributed by atoms with van der Waals surface area (Å²) >= 11 is 0. The molecule has 0 spiro atoms. The predicted molar refractivity (Wildman–Crippen MR) is 87.9 cm³/mol. The maximum absolute atomic E-state index is 12.3. The molecule has 7 nitrogen and oxygen atoms in total. The van der Waals surface area contributed by atoms with Crippen LogP contribution >= 0.6 is 0 Å². The second-order valence-corrected chi connectivity index (χ2v) is 5.46. The van der Waals surface area contributed by atoms with E-state index in [1.54, 1.807) is 24.0 Å². The third-order valence-corrected chi connectivity index (χ3v) is 3.74. The second kappa shape index (κ2) is 7.08. The van der Waals surface area contributed by atoms with Gasteiger partial charge in [0.1, 0.15) is 6.04 Å². The van der Waals surface area contributed by atoms with Crippen LogP contribution in [0.4, 0.5) is 0 Å². The Morgan fingerprint density at radius 2 is 2.12 bits per heavy atom. The molecule has 0 saturated heterocycles. The average Bonchev–Trinajstić information content (AvgIpc) is 3.26. The van der Waals surface area contributed by atoms with Crippen LogP contribution in [0.25, 0.3) is 11.4 Å². The molecule has 0 fully saturated rings.